The number of methoxy groups -OCH3 is 1. The maximum Gasteiger partial charge on any atom is 0.253 e. The summed E-state index contributed by atoms with van der Waals surface area (Å²) < 4.78 is 16.5. The Morgan fingerprint density at radius 3 is 2.48 bits per heavy atom. The van der Waals surface area contributed by atoms with Crippen molar-refractivity contribution in [3.8, 4) is 17.2 Å². The molecular formula is C20H25NO4. The third-order valence-electron chi connectivity index (χ3n) is 3.83. The van der Waals surface area contributed by atoms with Crippen LogP contribution in [0.25, 0.3) is 0 Å². The number of nitrogens with zero attached hydrogens (tertiary/aromatic N) is 1. The van der Waals surface area contributed by atoms with Gasteiger partial charge >= 0.3 is 0 Å². The molecule has 0 aliphatic carbocycles. The van der Waals surface area contributed by atoms with Crippen LogP contribution in [0.1, 0.15) is 22.8 Å². The highest BCUT2D eigenvalue weighted by atomic mass is 16.5. The van der Waals surface area contributed by atoms with E-state index >= 15 is 0 Å². The molecule has 2 aromatic rings. The molecule has 0 N–H and O–H groups in total. The molecule has 0 aromatic heterocycles. The Labute approximate surface area is 149 Å². The van der Waals surface area contributed by atoms with Crippen molar-refractivity contribution in [3.05, 3.63) is 53.6 Å². The molecule has 134 valence electrons. The smallest absolute Gasteiger partial charge is 0.253 e. The van der Waals surface area contributed by atoms with E-state index in [0.717, 1.165) is 11.3 Å². The summed E-state index contributed by atoms with van der Waals surface area (Å²) in [5.41, 5.74) is 1.63. The number of benzene rings is 2. The number of carbonyl (C=O) groups is 1. The third kappa shape index (κ3) is 4.89. The van der Waals surface area contributed by atoms with Crippen LogP contribution in [0, 0.1) is 6.92 Å². The minimum absolute atomic E-state index is 0.0882. The summed E-state index contributed by atoms with van der Waals surface area (Å²) in [5, 5.41) is 0. The molecule has 2 aromatic carbocycles. The molecule has 1 amide bonds. The van der Waals surface area contributed by atoms with E-state index in [0.29, 0.717) is 36.8 Å². The van der Waals surface area contributed by atoms with Crippen molar-refractivity contribution in [1.82, 2.24) is 4.90 Å². The molecule has 0 heterocycles. The van der Waals surface area contributed by atoms with Gasteiger partial charge in [-0.2, -0.15) is 0 Å². The summed E-state index contributed by atoms with van der Waals surface area (Å²) in [4.78, 5) is 14.2. The van der Waals surface area contributed by atoms with E-state index in [4.69, 9.17) is 14.2 Å². The fourth-order valence-electron chi connectivity index (χ4n) is 2.41. The van der Waals surface area contributed by atoms with E-state index in [9.17, 15) is 4.79 Å². The third-order valence-corrected chi connectivity index (χ3v) is 3.83. The van der Waals surface area contributed by atoms with Gasteiger partial charge in [0.25, 0.3) is 5.91 Å². The van der Waals surface area contributed by atoms with Crippen LogP contribution in [0.15, 0.2) is 42.5 Å². The quantitative estimate of drug-likeness (QED) is 0.735. The first-order valence-electron chi connectivity index (χ1n) is 8.31. The zero-order chi connectivity index (χ0) is 18.2. The van der Waals surface area contributed by atoms with Gasteiger partial charge in [0.15, 0.2) is 11.5 Å². The van der Waals surface area contributed by atoms with Crippen molar-refractivity contribution in [3.63, 3.8) is 0 Å². The van der Waals surface area contributed by atoms with Crippen LogP contribution in [-0.4, -0.2) is 44.7 Å². The van der Waals surface area contributed by atoms with Crippen LogP contribution in [-0.2, 0) is 0 Å². The number of amides is 1. The van der Waals surface area contributed by atoms with Crippen molar-refractivity contribution in [1.29, 1.82) is 0 Å². The summed E-state index contributed by atoms with van der Waals surface area (Å²) in [7, 11) is 3.32. The molecule has 5 heteroatoms. The average molecular weight is 343 g/mol. The largest absolute Gasteiger partial charge is 0.493 e. The molecule has 0 unspecified atom stereocenters. The molecule has 0 aliphatic heterocycles. The van der Waals surface area contributed by atoms with Crippen molar-refractivity contribution in [2.24, 2.45) is 0 Å². The monoisotopic (exact) mass is 343 g/mol. The van der Waals surface area contributed by atoms with Crippen molar-refractivity contribution >= 4 is 5.91 Å². The van der Waals surface area contributed by atoms with Crippen LogP contribution in [0.2, 0.25) is 0 Å². The second-order valence-electron chi connectivity index (χ2n) is 5.64. The second kappa shape index (κ2) is 8.97. The molecule has 0 saturated heterocycles. The van der Waals surface area contributed by atoms with Gasteiger partial charge < -0.3 is 19.1 Å². The van der Waals surface area contributed by atoms with Gasteiger partial charge in [-0.05, 0) is 43.7 Å². The van der Waals surface area contributed by atoms with Crippen molar-refractivity contribution in [2.75, 3.05) is 33.9 Å². The van der Waals surface area contributed by atoms with E-state index in [-0.39, 0.29) is 5.91 Å². The SMILES string of the molecule is CCOc1ccc(C(=O)N(C)CCOc2ccccc2C)cc1OC. The van der Waals surface area contributed by atoms with Crippen LogP contribution in [0.4, 0.5) is 0 Å². The molecule has 0 aliphatic rings. The molecule has 2 rings (SSSR count). The predicted molar refractivity (Wildman–Crippen MR) is 97.8 cm³/mol. The van der Waals surface area contributed by atoms with Gasteiger partial charge in [0, 0.05) is 12.6 Å². The average Bonchev–Trinajstić information content (AvgIpc) is 2.63. The summed E-state index contributed by atoms with van der Waals surface area (Å²) in [5.74, 6) is 1.94. The van der Waals surface area contributed by atoms with Gasteiger partial charge in [-0.1, -0.05) is 18.2 Å². The highest BCUT2D eigenvalue weighted by Gasteiger charge is 2.15. The highest BCUT2D eigenvalue weighted by Crippen LogP contribution is 2.28. The molecule has 0 saturated carbocycles. The van der Waals surface area contributed by atoms with Gasteiger partial charge in [0.2, 0.25) is 0 Å². The first kappa shape index (κ1) is 18.6. The standard InChI is InChI=1S/C20H25NO4/c1-5-24-18-11-10-16(14-19(18)23-4)20(22)21(3)12-13-25-17-9-7-6-8-15(17)2/h6-11,14H,5,12-13H2,1-4H3. The van der Waals surface area contributed by atoms with Crippen LogP contribution >= 0.6 is 0 Å². The van der Waals surface area contributed by atoms with E-state index in [1.54, 1.807) is 37.3 Å². The summed E-state index contributed by atoms with van der Waals surface area (Å²) in [6.45, 7) is 5.36. The van der Waals surface area contributed by atoms with Gasteiger partial charge in [-0.15, -0.1) is 0 Å². The maximum atomic E-state index is 12.6. The molecule has 0 spiro atoms. The zero-order valence-electron chi connectivity index (χ0n) is 15.2. The summed E-state index contributed by atoms with van der Waals surface area (Å²) in [6.07, 6.45) is 0. The number of rotatable bonds is 8. The van der Waals surface area contributed by atoms with Gasteiger partial charge in [-0.3, -0.25) is 4.79 Å². The zero-order valence-corrected chi connectivity index (χ0v) is 15.2. The number of ether oxygens (including phenoxy) is 3. The fourth-order valence-corrected chi connectivity index (χ4v) is 2.41. The lowest BCUT2D eigenvalue weighted by Crippen LogP contribution is -2.31. The van der Waals surface area contributed by atoms with Crippen LogP contribution in [0.5, 0.6) is 17.2 Å². The van der Waals surface area contributed by atoms with Gasteiger partial charge in [-0.25, -0.2) is 0 Å². The van der Waals surface area contributed by atoms with E-state index in [1.807, 2.05) is 38.1 Å². The summed E-state index contributed by atoms with van der Waals surface area (Å²) >= 11 is 0. The minimum atomic E-state index is -0.0882. The number of carbonyl (C=O) groups excluding carboxylic acids is 1. The molecular weight excluding hydrogens is 318 g/mol. The van der Waals surface area contributed by atoms with Crippen LogP contribution < -0.4 is 14.2 Å². The number of hydrogen-bond acceptors (Lipinski definition) is 4. The fraction of sp³-hybridized carbons (Fsp3) is 0.350. The molecule has 25 heavy (non-hydrogen) atoms. The normalized spacial score (nSPS) is 10.2. The lowest BCUT2D eigenvalue weighted by Gasteiger charge is -2.19. The Morgan fingerprint density at radius 2 is 1.80 bits per heavy atom. The van der Waals surface area contributed by atoms with E-state index < -0.39 is 0 Å². The number of likely N-dealkylation sites (N-methyl/N-ethyl adjacent to an activating group) is 1. The highest BCUT2D eigenvalue weighted by molar-refractivity contribution is 5.94. The minimum Gasteiger partial charge on any atom is -0.493 e. The number of hydrogen-bond donors (Lipinski definition) is 0. The van der Waals surface area contributed by atoms with E-state index in [1.165, 1.54) is 0 Å². The molecule has 5 nitrogen and oxygen atoms in total. The Hall–Kier alpha value is -2.69. The Kier molecular flexibility index (Phi) is 6.69. The summed E-state index contributed by atoms with van der Waals surface area (Å²) in [6, 6.07) is 13.0. The molecule has 0 atom stereocenters. The first-order chi connectivity index (χ1) is 12.1. The maximum absolute atomic E-state index is 12.6. The molecule has 0 radical (unpaired) electrons. The number of aryl methyl sites for hydroxylation is 1. The van der Waals surface area contributed by atoms with Gasteiger partial charge in [0.1, 0.15) is 12.4 Å². The topological polar surface area (TPSA) is 48.0 Å². The Morgan fingerprint density at radius 1 is 1.04 bits per heavy atom. The van der Waals surface area contributed by atoms with E-state index in [2.05, 4.69) is 0 Å². The lowest BCUT2D eigenvalue weighted by atomic mass is 10.1. The Balaban J connectivity index is 1.96. The predicted octanol–water partition coefficient (Wildman–Crippen LogP) is 3.55. The van der Waals surface area contributed by atoms with Crippen LogP contribution in [0.3, 0.4) is 0 Å². The Bertz CT molecular complexity index is 715. The molecule has 0 fully saturated rings. The lowest BCUT2D eigenvalue weighted by molar-refractivity contribution is 0.0773. The van der Waals surface area contributed by atoms with Crippen molar-refractivity contribution < 1.29 is 19.0 Å². The molecule has 0 bridgehead atoms. The van der Waals surface area contributed by atoms with Gasteiger partial charge in [0.05, 0.1) is 20.3 Å². The first-order valence-corrected chi connectivity index (χ1v) is 8.31. The van der Waals surface area contributed by atoms with Crippen molar-refractivity contribution in [2.45, 2.75) is 13.8 Å². The number of para-hydroxylation sites is 1. The second-order valence-corrected chi connectivity index (χ2v) is 5.64.